The van der Waals surface area contributed by atoms with Crippen LogP contribution in [0.2, 0.25) is 0 Å². The van der Waals surface area contributed by atoms with E-state index in [9.17, 15) is 4.79 Å². The predicted molar refractivity (Wildman–Crippen MR) is 84.1 cm³/mol. The summed E-state index contributed by atoms with van der Waals surface area (Å²) in [5.74, 6) is 0.0265. The van der Waals surface area contributed by atoms with Crippen molar-refractivity contribution in [2.24, 2.45) is 0 Å². The molecule has 0 saturated carbocycles. The van der Waals surface area contributed by atoms with E-state index in [1.54, 1.807) is 6.92 Å². The van der Waals surface area contributed by atoms with Crippen LogP contribution >= 0.6 is 0 Å². The van der Waals surface area contributed by atoms with Crippen molar-refractivity contribution in [3.05, 3.63) is 47.9 Å². The fourth-order valence-electron chi connectivity index (χ4n) is 2.33. The predicted octanol–water partition coefficient (Wildman–Crippen LogP) is 2.43. The molecule has 0 radical (unpaired) electrons. The summed E-state index contributed by atoms with van der Waals surface area (Å²) < 4.78 is 10.1. The number of benzene rings is 1. The number of rotatable bonds is 5. The van der Waals surface area contributed by atoms with Gasteiger partial charge in [0.15, 0.2) is 0 Å². The third-order valence-corrected chi connectivity index (χ3v) is 3.35. The molecular formula is C16H16N4O3. The van der Waals surface area contributed by atoms with Crippen LogP contribution in [0.3, 0.4) is 0 Å². The first-order chi connectivity index (χ1) is 11.2. The molecule has 1 aromatic carbocycles. The van der Waals surface area contributed by atoms with E-state index < -0.39 is 5.97 Å². The molecule has 0 N–H and O–H groups in total. The number of carbonyl (C=O) groups is 1. The summed E-state index contributed by atoms with van der Waals surface area (Å²) in [7, 11) is 1.89. The van der Waals surface area contributed by atoms with Gasteiger partial charge < -0.3 is 14.2 Å². The first-order valence-electron chi connectivity index (χ1n) is 7.23. The molecule has 0 aliphatic heterocycles. The third kappa shape index (κ3) is 2.98. The van der Waals surface area contributed by atoms with Crippen molar-refractivity contribution in [1.29, 1.82) is 0 Å². The molecule has 0 unspecified atom stereocenters. The number of aromatic nitrogens is 3. The molecule has 0 amide bonds. The van der Waals surface area contributed by atoms with Gasteiger partial charge in [0.05, 0.1) is 6.61 Å². The standard InChI is InChI=1S/C16H16N4O3/c1-3-22-16(21)13-12-14(17-10-18-15(12)23-19-13)20(2)9-11-7-5-4-6-8-11/h4-8,10H,3,9H2,1-2H3. The molecule has 0 aliphatic rings. The Morgan fingerprint density at radius 2 is 2.04 bits per heavy atom. The van der Waals surface area contributed by atoms with Crippen LogP contribution in [0.25, 0.3) is 11.1 Å². The van der Waals surface area contributed by atoms with Gasteiger partial charge in [-0.3, -0.25) is 0 Å². The monoisotopic (exact) mass is 312 g/mol. The van der Waals surface area contributed by atoms with Crippen molar-refractivity contribution in [2.75, 3.05) is 18.6 Å². The lowest BCUT2D eigenvalue weighted by Crippen LogP contribution is -2.19. The number of esters is 1. The normalized spacial score (nSPS) is 10.7. The van der Waals surface area contributed by atoms with Crippen LogP contribution < -0.4 is 4.90 Å². The van der Waals surface area contributed by atoms with Gasteiger partial charge in [0.25, 0.3) is 5.71 Å². The summed E-state index contributed by atoms with van der Waals surface area (Å²) in [6.45, 7) is 2.62. The SMILES string of the molecule is CCOC(=O)c1noc2ncnc(N(C)Cc3ccccc3)c12. The Morgan fingerprint density at radius 3 is 2.78 bits per heavy atom. The number of ether oxygens (including phenoxy) is 1. The van der Waals surface area contributed by atoms with Crippen molar-refractivity contribution in [3.63, 3.8) is 0 Å². The largest absolute Gasteiger partial charge is 0.461 e. The van der Waals surface area contributed by atoms with Gasteiger partial charge in [0, 0.05) is 13.6 Å². The Labute approximate surface area is 132 Å². The first kappa shape index (κ1) is 15.0. The van der Waals surface area contributed by atoms with Crippen molar-refractivity contribution in [3.8, 4) is 0 Å². The summed E-state index contributed by atoms with van der Waals surface area (Å²) in [6.07, 6.45) is 1.39. The van der Waals surface area contributed by atoms with E-state index in [2.05, 4.69) is 15.1 Å². The maximum atomic E-state index is 12.0. The molecule has 2 aromatic heterocycles. The van der Waals surface area contributed by atoms with Gasteiger partial charge in [-0.25, -0.2) is 9.78 Å². The van der Waals surface area contributed by atoms with E-state index in [4.69, 9.17) is 9.26 Å². The molecule has 0 aliphatic carbocycles. The average molecular weight is 312 g/mol. The Kier molecular flexibility index (Phi) is 4.18. The number of carbonyl (C=O) groups excluding carboxylic acids is 1. The van der Waals surface area contributed by atoms with Crippen LogP contribution in [0.1, 0.15) is 23.0 Å². The summed E-state index contributed by atoms with van der Waals surface area (Å²) in [5.41, 5.74) is 1.48. The van der Waals surface area contributed by atoms with Crippen molar-refractivity contribution < 1.29 is 14.1 Å². The number of fused-ring (bicyclic) bond motifs is 1. The second-order valence-electron chi connectivity index (χ2n) is 4.97. The lowest BCUT2D eigenvalue weighted by Gasteiger charge is -2.18. The zero-order valence-corrected chi connectivity index (χ0v) is 12.9. The fourth-order valence-corrected chi connectivity index (χ4v) is 2.33. The topological polar surface area (TPSA) is 81.3 Å². The Bertz CT molecular complexity index is 817. The van der Waals surface area contributed by atoms with Gasteiger partial charge in [0.1, 0.15) is 17.5 Å². The molecule has 3 rings (SSSR count). The minimum Gasteiger partial charge on any atom is -0.461 e. The maximum Gasteiger partial charge on any atom is 0.361 e. The first-order valence-corrected chi connectivity index (χ1v) is 7.23. The maximum absolute atomic E-state index is 12.0. The van der Waals surface area contributed by atoms with Crippen LogP contribution in [0, 0.1) is 0 Å². The summed E-state index contributed by atoms with van der Waals surface area (Å²) in [6, 6.07) is 9.96. The van der Waals surface area contributed by atoms with Crippen molar-refractivity contribution in [1.82, 2.24) is 15.1 Å². The van der Waals surface area contributed by atoms with E-state index in [0.717, 1.165) is 5.56 Å². The van der Waals surface area contributed by atoms with E-state index in [1.165, 1.54) is 6.33 Å². The van der Waals surface area contributed by atoms with Crippen LogP contribution in [-0.2, 0) is 11.3 Å². The fraction of sp³-hybridized carbons (Fsp3) is 0.250. The molecule has 7 nitrogen and oxygen atoms in total. The van der Waals surface area contributed by atoms with Crippen LogP contribution in [0.15, 0.2) is 41.2 Å². The zero-order chi connectivity index (χ0) is 16.2. The molecule has 0 bridgehead atoms. The molecule has 0 spiro atoms. The van der Waals surface area contributed by atoms with Crippen LogP contribution in [0.5, 0.6) is 0 Å². The van der Waals surface area contributed by atoms with E-state index in [-0.39, 0.29) is 18.0 Å². The van der Waals surface area contributed by atoms with Gasteiger partial charge in [-0.2, -0.15) is 4.98 Å². The van der Waals surface area contributed by atoms with E-state index in [0.29, 0.717) is 17.7 Å². The number of nitrogens with zero attached hydrogens (tertiary/aromatic N) is 4. The molecular weight excluding hydrogens is 296 g/mol. The molecule has 7 heteroatoms. The average Bonchev–Trinajstić information content (AvgIpc) is 3.00. The van der Waals surface area contributed by atoms with Gasteiger partial charge in [-0.05, 0) is 12.5 Å². The van der Waals surface area contributed by atoms with Gasteiger partial charge in [-0.1, -0.05) is 35.5 Å². The summed E-state index contributed by atoms with van der Waals surface area (Å²) >= 11 is 0. The second kappa shape index (κ2) is 6.43. The highest BCUT2D eigenvalue weighted by atomic mass is 16.5. The molecule has 23 heavy (non-hydrogen) atoms. The van der Waals surface area contributed by atoms with Crippen LogP contribution in [0.4, 0.5) is 5.82 Å². The summed E-state index contributed by atoms with van der Waals surface area (Å²) in [5, 5.41) is 4.25. The molecule has 118 valence electrons. The van der Waals surface area contributed by atoms with Crippen LogP contribution in [-0.4, -0.2) is 34.7 Å². The van der Waals surface area contributed by atoms with Crippen molar-refractivity contribution >= 4 is 22.9 Å². The van der Waals surface area contributed by atoms with Gasteiger partial charge >= 0.3 is 5.97 Å². The van der Waals surface area contributed by atoms with Gasteiger partial charge in [0.2, 0.25) is 5.69 Å². The molecule has 2 heterocycles. The lowest BCUT2D eigenvalue weighted by molar-refractivity contribution is 0.0517. The van der Waals surface area contributed by atoms with E-state index in [1.807, 2.05) is 42.3 Å². The third-order valence-electron chi connectivity index (χ3n) is 3.35. The highest BCUT2D eigenvalue weighted by Crippen LogP contribution is 2.27. The number of anilines is 1. The van der Waals surface area contributed by atoms with E-state index >= 15 is 0 Å². The number of hydrogen-bond donors (Lipinski definition) is 0. The number of hydrogen-bond acceptors (Lipinski definition) is 7. The molecule has 0 atom stereocenters. The molecule has 0 saturated heterocycles. The summed E-state index contributed by atoms with van der Waals surface area (Å²) in [4.78, 5) is 22.3. The minimum absolute atomic E-state index is 0.0948. The van der Waals surface area contributed by atoms with Gasteiger partial charge in [-0.15, -0.1) is 0 Å². The lowest BCUT2D eigenvalue weighted by atomic mass is 10.2. The Balaban J connectivity index is 1.99. The second-order valence-corrected chi connectivity index (χ2v) is 4.97. The Hall–Kier alpha value is -2.96. The molecule has 0 fully saturated rings. The van der Waals surface area contributed by atoms with Crippen molar-refractivity contribution in [2.45, 2.75) is 13.5 Å². The smallest absolute Gasteiger partial charge is 0.361 e. The Morgan fingerprint density at radius 1 is 1.26 bits per heavy atom. The minimum atomic E-state index is -0.546. The zero-order valence-electron chi connectivity index (χ0n) is 12.9. The molecule has 3 aromatic rings. The quantitative estimate of drug-likeness (QED) is 0.669. The highest BCUT2D eigenvalue weighted by molar-refractivity contribution is 6.04. The highest BCUT2D eigenvalue weighted by Gasteiger charge is 2.23.